The number of hydrogen-bond acceptors (Lipinski definition) is 4. The average Bonchev–Trinajstić information content (AvgIpc) is 2.30. The van der Waals surface area contributed by atoms with E-state index in [1.54, 1.807) is 0 Å². The van der Waals surface area contributed by atoms with Crippen LogP contribution in [0.4, 0.5) is 8.78 Å². The second kappa shape index (κ2) is 6.14. The lowest BCUT2D eigenvalue weighted by molar-refractivity contribution is -0.129. The lowest BCUT2D eigenvalue weighted by Gasteiger charge is -2.12. The first-order valence-corrected chi connectivity index (χ1v) is 7.02. The number of halogens is 2. The molecule has 0 fully saturated rings. The van der Waals surface area contributed by atoms with Crippen LogP contribution in [-0.4, -0.2) is 39.9 Å². The summed E-state index contributed by atoms with van der Waals surface area (Å²) < 4.78 is 53.9. The Morgan fingerprint density at radius 2 is 1.80 bits per heavy atom. The molecule has 0 aliphatic rings. The van der Waals surface area contributed by atoms with Crippen LogP contribution in [0.1, 0.15) is 6.42 Å². The second-order valence-electron chi connectivity index (χ2n) is 4.15. The standard InChI is InChI=1S/C11H14F2N2O4S/c1-15(2)10(16)3-4-19-11-8(12)5-7(6-9(11)13)20(14,17)18/h5-6H,3-4H2,1-2H3,(H2,14,17,18). The zero-order valence-electron chi connectivity index (χ0n) is 10.9. The zero-order chi connectivity index (χ0) is 15.5. The van der Waals surface area contributed by atoms with Crippen molar-refractivity contribution in [2.24, 2.45) is 5.14 Å². The quantitative estimate of drug-likeness (QED) is 0.856. The molecule has 0 unspecified atom stereocenters. The molecule has 0 saturated heterocycles. The van der Waals surface area contributed by atoms with E-state index in [2.05, 4.69) is 0 Å². The van der Waals surface area contributed by atoms with Crippen LogP contribution in [0.25, 0.3) is 0 Å². The number of amides is 1. The number of primary sulfonamides is 1. The summed E-state index contributed by atoms with van der Waals surface area (Å²) in [6.45, 7) is -0.237. The van der Waals surface area contributed by atoms with Gasteiger partial charge in [0, 0.05) is 14.1 Å². The number of sulfonamides is 1. The number of hydrogen-bond donors (Lipinski definition) is 1. The second-order valence-corrected chi connectivity index (χ2v) is 5.71. The zero-order valence-corrected chi connectivity index (χ0v) is 11.7. The largest absolute Gasteiger partial charge is 0.487 e. The third-order valence-electron chi connectivity index (χ3n) is 2.36. The van der Waals surface area contributed by atoms with Gasteiger partial charge in [-0.15, -0.1) is 0 Å². The Morgan fingerprint density at radius 3 is 2.20 bits per heavy atom. The molecule has 1 rings (SSSR count). The Morgan fingerprint density at radius 1 is 1.30 bits per heavy atom. The van der Waals surface area contributed by atoms with E-state index < -0.39 is 32.3 Å². The summed E-state index contributed by atoms with van der Waals surface area (Å²) in [6.07, 6.45) is -0.0666. The van der Waals surface area contributed by atoms with E-state index in [0.29, 0.717) is 12.1 Å². The van der Waals surface area contributed by atoms with Crippen molar-refractivity contribution in [1.29, 1.82) is 0 Å². The molecule has 0 radical (unpaired) electrons. The van der Waals surface area contributed by atoms with Crippen LogP contribution in [-0.2, 0) is 14.8 Å². The van der Waals surface area contributed by atoms with Crippen molar-refractivity contribution >= 4 is 15.9 Å². The summed E-state index contributed by atoms with van der Waals surface area (Å²) in [5.41, 5.74) is 0. The fourth-order valence-electron chi connectivity index (χ4n) is 1.30. The topological polar surface area (TPSA) is 89.7 Å². The van der Waals surface area contributed by atoms with Crippen molar-refractivity contribution in [3.63, 3.8) is 0 Å². The van der Waals surface area contributed by atoms with Crippen molar-refractivity contribution in [3.8, 4) is 5.75 Å². The van der Waals surface area contributed by atoms with E-state index in [1.807, 2.05) is 0 Å². The predicted molar refractivity (Wildman–Crippen MR) is 66.5 cm³/mol. The van der Waals surface area contributed by atoms with Crippen LogP contribution in [0.5, 0.6) is 5.75 Å². The molecule has 0 atom stereocenters. The third kappa shape index (κ3) is 4.14. The van der Waals surface area contributed by atoms with Crippen LogP contribution in [0, 0.1) is 11.6 Å². The third-order valence-corrected chi connectivity index (χ3v) is 3.25. The summed E-state index contributed by atoms with van der Waals surface area (Å²) in [6, 6.07) is 1.11. The van der Waals surface area contributed by atoms with E-state index in [4.69, 9.17) is 9.88 Å². The molecule has 0 bridgehead atoms. The normalized spacial score (nSPS) is 11.2. The molecule has 112 valence electrons. The van der Waals surface area contributed by atoms with E-state index in [-0.39, 0.29) is 18.9 Å². The molecular weight excluding hydrogens is 294 g/mol. The summed E-state index contributed by atoms with van der Waals surface area (Å²) in [4.78, 5) is 11.9. The van der Waals surface area contributed by atoms with E-state index in [0.717, 1.165) is 0 Å². The van der Waals surface area contributed by atoms with Crippen molar-refractivity contribution < 1.29 is 26.7 Å². The van der Waals surface area contributed by atoms with Gasteiger partial charge in [-0.1, -0.05) is 0 Å². The van der Waals surface area contributed by atoms with E-state index in [9.17, 15) is 22.0 Å². The Bertz CT molecular complexity index is 594. The maximum atomic E-state index is 13.5. The minimum absolute atomic E-state index is 0.0666. The molecule has 0 aliphatic heterocycles. The first-order valence-electron chi connectivity index (χ1n) is 5.47. The highest BCUT2D eigenvalue weighted by Crippen LogP contribution is 2.25. The SMILES string of the molecule is CN(C)C(=O)CCOc1c(F)cc(S(N)(=O)=O)cc1F. The molecule has 0 heterocycles. The molecule has 0 spiro atoms. The van der Waals surface area contributed by atoms with Gasteiger partial charge in [0.05, 0.1) is 17.9 Å². The summed E-state index contributed by atoms with van der Waals surface area (Å²) in [7, 11) is -1.14. The molecule has 2 N–H and O–H groups in total. The van der Waals surface area contributed by atoms with Crippen LogP contribution in [0.15, 0.2) is 17.0 Å². The van der Waals surface area contributed by atoms with Gasteiger partial charge in [0.2, 0.25) is 15.9 Å². The fraction of sp³-hybridized carbons (Fsp3) is 0.364. The van der Waals surface area contributed by atoms with Crippen molar-refractivity contribution in [2.45, 2.75) is 11.3 Å². The van der Waals surface area contributed by atoms with Crippen molar-refractivity contribution in [1.82, 2.24) is 4.90 Å². The van der Waals surface area contributed by atoms with Crippen LogP contribution < -0.4 is 9.88 Å². The number of carbonyl (C=O) groups excluding carboxylic acids is 1. The molecule has 1 aromatic rings. The Hall–Kier alpha value is -1.74. The van der Waals surface area contributed by atoms with Crippen molar-refractivity contribution in [2.75, 3.05) is 20.7 Å². The minimum Gasteiger partial charge on any atom is -0.487 e. The molecule has 9 heteroatoms. The number of benzene rings is 1. The summed E-state index contributed by atoms with van der Waals surface area (Å²) in [5.74, 6) is -3.42. The van der Waals surface area contributed by atoms with Gasteiger partial charge in [0.25, 0.3) is 0 Å². The number of carbonyl (C=O) groups is 1. The number of nitrogens with two attached hydrogens (primary N) is 1. The van der Waals surface area contributed by atoms with Crippen LogP contribution in [0.2, 0.25) is 0 Å². The molecule has 6 nitrogen and oxygen atoms in total. The van der Waals surface area contributed by atoms with E-state index in [1.165, 1.54) is 19.0 Å². The number of rotatable bonds is 5. The smallest absolute Gasteiger partial charge is 0.238 e. The monoisotopic (exact) mass is 308 g/mol. The summed E-state index contributed by atoms with van der Waals surface area (Å²) >= 11 is 0. The van der Waals surface area contributed by atoms with Gasteiger partial charge in [0.15, 0.2) is 17.4 Å². The lowest BCUT2D eigenvalue weighted by atomic mass is 10.3. The van der Waals surface area contributed by atoms with Gasteiger partial charge in [0.1, 0.15) is 0 Å². The summed E-state index contributed by atoms with van der Waals surface area (Å²) in [5, 5.41) is 4.77. The Kier molecular flexibility index (Phi) is 5.01. The van der Waals surface area contributed by atoms with Gasteiger partial charge >= 0.3 is 0 Å². The molecule has 0 aromatic heterocycles. The van der Waals surface area contributed by atoms with E-state index >= 15 is 0 Å². The first kappa shape index (κ1) is 16.3. The molecular formula is C11H14F2N2O4S. The number of nitrogens with zero attached hydrogens (tertiary/aromatic N) is 1. The molecule has 0 saturated carbocycles. The van der Waals surface area contributed by atoms with Gasteiger partial charge in [-0.2, -0.15) is 0 Å². The van der Waals surface area contributed by atoms with Gasteiger partial charge < -0.3 is 9.64 Å². The Balaban J connectivity index is 2.85. The van der Waals surface area contributed by atoms with Crippen LogP contribution in [0.3, 0.4) is 0 Å². The van der Waals surface area contributed by atoms with Gasteiger partial charge in [-0.3, -0.25) is 4.79 Å². The highest BCUT2D eigenvalue weighted by atomic mass is 32.2. The van der Waals surface area contributed by atoms with Gasteiger partial charge in [-0.25, -0.2) is 22.3 Å². The number of ether oxygens (including phenoxy) is 1. The maximum absolute atomic E-state index is 13.5. The Labute approximate surface area is 115 Å². The molecule has 1 amide bonds. The highest BCUT2D eigenvalue weighted by Gasteiger charge is 2.18. The average molecular weight is 308 g/mol. The molecule has 20 heavy (non-hydrogen) atoms. The molecule has 1 aromatic carbocycles. The van der Waals surface area contributed by atoms with Crippen LogP contribution >= 0.6 is 0 Å². The molecule has 0 aliphatic carbocycles. The van der Waals surface area contributed by atoms with Gasteiger partial charge in [-0.05, 0) is 12.1 Å². The maximum Gasteiger partial charge on any atom is 0.238 e. The first-order chi connectivity index (χ1) is 9.12. The highest BCUT2D eigenvalue weighted by molar-refractivity contribution is 7.89. The lowest BCUT2D eigenvalue weighted by Crippen LogP contribution is -2.23. The minimum atomic E-state index is -4.21. The fourth-order valence-corrected chi connectivity index (χ4v) is 1.84. The van der Waals surface area contributed by atoms with Crippen molar-refractivity contribution in [3.05, 3.63) is 23.8 Å². The predicted octanol–water partition coefficient (Wildman–Crippen LogP) is 0.469.